The van der Waals surface area contributed by atoms with Gasteiger partial charge >= 0.3 is 0 Å². The number of nitrogens with one attached hydrogen (secondary N) is 1. The van der Waals surface area contributed by atoms with Crippen LogP contribution in [-0.2, 0) is 0 Å². The SMILES string of the molecule is CC(C)(O)CCNc1ccc(Br)cc1. The third-order valence-corrected chi connectivity index (χ3v) is 2.44. The summed E-state index contributed by atoms with van der Waals surface area (Å²) < 4.78 is 1.07. The van der Waals surface area contributed by atoms with Crippen molar-refractivity contribution >= 4 is 21.6 Å². The molecule has 78 valence electrons. The second kappa shape index (κ2) is 4.80. The molecular formula is C11H16BrNO. The van der Waals surface area contributed by atoms with E-state index in [0.29, 0.717) is 0 Å². The molecule has 0 unspecified atom stereocenters. The molecule has 0 bridgehead atoms. The summed E-state index contributed by atoms with van der Waals surface area (Å²) >= 11 is 3.38. The average molecular weight is 258 g/mol. The first-order valence-corrected chi connectivity index (χ1v) is 5.48. The quantitative estimate of drug-likeness (QED) is 0.870. The van der Waals surface area contributed by atoms with E-state index in [0.717, 1.165) is 23.1 Å². The third kappa shape index (κ3) is 4.63. The molecule has 2 nitrogen and oxygen atoms in total. The Kier molecular flexibility index (Phi) is 3.96. The molecule has 0 saturated carbocycles. The van der Waals surface area contributed by atoms with Crippen LogP contribution >= 0.6 is 15.9 Å². The van der Waals surface area contributed by atoms with Crippen LogP contribution in [0.2, 0.25) is 0 Å². The summed E-state index contributed by atoms with van der Waals surface area (Å²) in [7, 11) is 0. The standard InChI is InChI=1S/C11H16BrNO/c1-11(2,14)7-8-13-10-5-3-9(12)4-6-10/h3-6,13-14H,7-8H2,1-2H3. The van der Waals surface area contributed by atoms with Gasteiger partial charge < -0.3 is 10.4 Å². The Morgan fingerprint density at radius 1 is 1.29 bits per heavy atom. The molecule has 3 heteroatoms. The van der Waals surface area contributed by atoms with Gasteiger partial charge in [-0.15, -0.1) is 0 Å². The summed E-state index contributed by atoms with van der Waals surface area (Å²) in [5.74, 6) is 0. The predicted octanol–water partition coefficient (Wildman–Crippen LogP) is 3.02. The van der Waals surface area contributed by atoms with Gasteiger partial charge in [-0.3, -0.25) is 0 Å². The van der Waals surface area contributed by atoms with E-state index < -0.39 is 5.60 Å². The summed E-state index contributed by atoms with van der Waals surface area (Å²) in [6, 6.07) is 8.00. The third-order valence-electron chi connectivity index (χ3n) is 1.91. The first-order chi connectivity index (χ1) is 6.47. The van der Waals surface area contributed by atoms with E-state index in [1.54, 1.807) is 0 Å². The van der Waals surface area contributed by atoms with Crippen molar-refractivity contribution in [2.24, 2.45) is 0 Å². The summed E-state index contributed by atoms with van der Waals surface area (Å²) in [5.41, 5.74) is 0.486. The first-order valence-electron chi connectivity index (χ1n) is 4.69. The average Bonchev–Trinajstić information content (AvgIpc) is 2.06. The van der Waals surface area contributed by atoms with Gasteiger partial charge in [0.1, 0.15) is 0 Å². The van der Waals surface area contributed by atoms with E-state index in [9.17, 15) is 5.11 Å². The maximum atomic E-state index is 9.49. The van der Waals surface area contributed by atoms with E-state index in [-0.39, 0.29) is 0 Å². The molecule has 0 amide bonds. The van der Waals surface area contributed by atoms with Crippen molar-refractivity contribution in [1.82, 2.24) is 0 Å². The minimum absolute atomic E-state index is 0.595. The number of aliphatic hydroxyl groups is 1. The van der Waals surface area contributed by atoms with Gasteiger partial charge in [0.25, 0.3) is 0 Å². The van der Waals surface area contributed by atoms with E-state index in [2.05, 4.69) is 21.2 Å². The van der Waals surface area contributed by atoms with Crippen molar-refractivity contribution in [1.29, 1.82) is 0 Å². The minimum atomic E-state index is -0.595. The highest BCUT2D eigenvalue weighted by atomic mass is 79.9. The molecule has 0 saturated heterocycles. The van der Waals surface area contributed by atoms with Gasteiger partial charge in [-0.2, -0.15) is 0 Å². The zero-order chi connectivity index (χ0) is 10.6. The summed E-state index contributed by atoms with van der Waals surface area (Å²) in [6.45, 7) is 4.41. The molecule has 0 radical (unpaired) electrons. The molecule has 1 rings (SSSR count). The molecule has 0 spiro atoms. The number of hydrogen-bond donors (Lipinski definition) is 2. The minimum Gasteiger partial charge on any atom is -0.390 e. The lowest BCUT2D eigenvalue weighted by Crippen LogP contribution is -2.22. The summed E-state index contributed by atoms with van der Waals surface area (Å²) in [5, 5.41) is 12.7. The van der Waals surface area contributed by atoms with E-state index in [4.69, 9.17) is 0 Å². The molecule has 14 heavy (non-hydrogen) atoms. The van der Waals surface area contributed by atoms with Gasteiger partial charge in [0.05, 0.1) is 5.60 Å². The lowest BCUT2D eigenvalue weighted by Gasteiger charge is -2.17. The van der Waals surface area contributed by atoms with Gasteiger partial charge in [0.2, 0.25) is 0 Å². The van der Waals surface area contributed by atoms with Crippen molar-refractivity contribution in [3.8, 4) is 0 Å². The Bertz CT molecular complexity index is 276. The van der Waals surface area contributed by atoms with Gasteiger partial charge in [-0.25, -0.2) is 0 Å². The highest BCUT2D eigenvalue weighted by Gasteiger charge is 2.10. The lowest BCUT2D eigenvalue weighted by atomic mass is 10.1. The van der Waals surface area contributed by atoms with E-state index >= 15 is 0 Å². The molecule has 1 aromatic carbocycles. The van der Waals surface area contributed by atoms with Crippen LogP contribution in [-0.4, -0.2) is 17.3 Å². The number of halogens is 1. The monoisotopic (exact) mass is 257 g/mol. The van der Waals surface area contributed by atoms with Crippen LogP contribution in [0.5, 0.6) is 0 Å². The fourth-order valence-electron chi connectivity index (χ4n) is 1.08. The Hall–Kier alpha value is -0.540. The van der Waals surface area contributed by atoms with Gasteiger partial charge in [0.15, 0.2) is 0 Å². The van der Waals surface area contributed by atoms with Crippen LogP contribution in [0.25, 0.3) is 0 Å². The molecule has 0 fully saturated rings. The smallest absolute Gasteiger partial charge is 0.0608 e. The second-order valence-electron chi connectivity index (χ2n) is 4.00. The van der Waals surface area contributed by atoms with E-state index in [1.807, 2.05) is 38.1 Å². The maximum Gasteiger partial charge on any atom is 0.0608 e. The Labute approximate surface area is 93.5 Å². The number of anilines is 1. The first kappa shape index (κ1) is 11.5. The van der Waals surface area contributed by atoms with Gasteiger partial charge in [-0.05, 0) is 44.5 Å². The molecule has 0 aromatic heterocycles. The zero-order valence-electron chi connectivity index (χ0n) is 8.55. The van der Waals surface area contributed by atoms with Crippen LogP contribution in [0.15, 0.2) is 28.7 Å². The molecule has 0 aliphatic rings. The Morgan fingerprint density at radius 2 is 1.86 bits per heavy atom. The topological polar surface area (TPSA) is 32.3 Å². The van der Waals surface area contributed by atoms with Crippen LogP contribution in [0.3, 0.4) is 0 Å². The van der Waals surface area contributed by atoms with Crippen molar-refractivity contribution < 1.29 is 5.11 Å². The van der Waals surface area contributed by atoms with Crippen LogP contribution in [0.4, 0.5) is 5.69 Å². The highest BCUT2D eigenvalue weighted by molar-refractivity contribution is 9.10. The summed E-state index contributed by atoms with van der Waals surface area (Å²) in [4.78, 5) is 0. The number of benzene rings is 1. The largest absolute Gasteiger partial charge is 0.390 e. The Balaban J connectivity index is 2.35. The van der Waals surface area contributed by atoms with Crippen LogP contribution in [0, 0.1) is 0 Å². The normalized spacial score (nSPS) is 11.4. The second-order valence-corrected chi connectivity index (χ2v) is 4.91. The number of rotatable bonds is 4. The Morgan fingerprint density at radius 3 is 2.36 bits per heavy atom. The fraction of sp³-hybridized carbons (Fsp3) is 0.455. The molecule has 0 atom stereocenters. The van der Waals surface area contributed by atoms with Crippen molar-refractivity contribution in [2.75, 3.05) is 11.9 Å². The van der Waals surface area contributed by atoms with Crippen LogP contribution in [0.1, 0.15) is 20.3 Å². The fourth-order valence-corrected chi connectivity index (χ4v) is 1.34. The molecule has 0 aliphatic carbocycles. The highest BCUT2D eigenvalue weighted by Crippen LogP contribution is 2.15. The molecule has 2 N–H and O–H groups in total. The van der Waals surface area contributed by atoms with Crippen molar-refractivity contribution in [2.45, 2.75) is 25.9 Å². The molecular weight excluding hydrogens is 242 g/mol. The molecule has 0 heterocycles. The van der Waals surface area contributed by atoms with E-state index in [1.165, 1.54) is 0 Å². The van der Waals surface area contributed by atoms with Crippen molar-refractivity contribution in [3.05, 3.63) is 28.7 Å². The van der Waals surface area contributed by atoms with Crippen LogP contribution < -0.4 is 5.32 Å². The summed E-state index contributed by atoms with van der Waals surface area (Å²) in [6.07, 6.45) is 0.739. The van der Waals surface area contributed by atoms with Crippen molar-refractivity contribution in [3.63, 3.8) is 0 Å². The zero-order valence-corrected chi connectivity index (χ0v) is 10.1. The molecule has 0 aliphatic heterocycles. The van der Waals surface area contributed by atoms with Gasteiger partial charge in [0, 0.05) is 16.7 Å². The lowest BCUT2D eigenvalue weighted by molar-refractivity contribution is 0.0749. The predicted molar refractivity (Wildman–Crippen MR) is 63.5 cm³/mol. The molecule has 1 aromatic rings. The number of hydrogen-bond acceptors (Lipinski definition) is 2. The maximum absolute atomic E-state index is 9.49. The van der Waals surface area contributed by atoms with Gasteiger partial charge in [-0.1, -0.05) is 15.9 Å².